The first-order valence-corrected chi connectivity index (χ1v) is 6.63. The number of nitrogens with zero attached hydrogens (tertiary/aromatic N) is 1. The molecule has 16 heavy (non-hydrogen) atoms. The van der Waals surface area contributed by atoms with Crippen molar-refractivity contribution in [2.45, 2.75) is 58.9 Å². The predicted octanol–water partition coefficient (Wildman–Crippen LogP) is 2.15. The molecule has 0 radical (unpaired) electrons. The molecular weight excluding hydrogens is 200 g/mol. The summed E-state index contributed by atoms with van der Waals surface area (Å²) in [7, 11) is 0. The number of amides is 1. The Bertz CT molecular complexity index is 236. The van der Waals surface area contributed by atoms with Crippen molar-refractivity contribution in [3.8, 4) is 0 Å². The largest absolute Gasteiger partial charge is 0.341 e. The standard InChI is InChI=1S/C13H26N2O/c1-4-7-11(14)12(16)15-9-8-13(5-2,6-3)10-15/h11H,4-10,14H2,1-3H3/t11-/m1/s1. The SMILES string of the molecule is CCC[C@@H](N)C(=O)N1CCC(CC)(CC)C1. The summed E-state index contributed by atoms with van der Waals surface area (Å²) in [6.07, 6.45) is 5.26. The van der Waals surface area contributed by atoms with Gasteiger partial charge in [-0.1, -0.05) is 27.2 Å². The predicted molar refractivity (Wildman–Crippen MR) is 67.1 cm³/mol. The molecule has 3 nitrogen and oxygen atoms in total. The van der Waals surface area contributed by atoms with Crippen molar-refractivity contribution >= 4 is 5.91 Å². The van der Waals surface area contributed by atoms with Gasteiger partial charge in [0.1, 0.15) is 0 Å². The van der Waals surface area contributed by atoms with E-state index in [2.05, 4.69) is 20.8 Å². The Hall–Kier alpha value is -0.570. The molecule has 1 amide bonds. The summed E-state index contributed by atoms with van der Waals surface area (Å²) in [5, 5.41) is 0. The molecule has 0 saturated carbocycles. The molecule has 94 valence electrons. The molecule has 3 heteroatoms. The minimum absolute atomic E-state index is 0.158. The fraction of sp³-hybridized carbons (Fsp3) is 0.923. The summed E-state index contributed by atoms with van der Waals surface area (Å²) < 4.78 is 0. The molecule has 1 atom stereocenters. The zero-order valence-corrected chi connectivity index (χ0v) is 11.0. The maximum atomic E-state index is 12.1. The molecule has 1 aliphatic heterocycles. The van der Waals surface area contributed by atoms with Crippen molar-refractivity contribution in [1.29, 1.82) is 0 Å². The van der Waals surface area contributed by atoms with Crippen molar-refractivity contribution in [1.82, 2.24) is 4.90 Å². The molecule has 0 bridgehead atoms. The van der Waals surface area contributed by atoms with Gasteiger partial charge in [-0.05, 0) is 31.1 Å². The number of rotatable bonds is 5. The highest BCUT2D eigenvalue weighted by molar-refractivity contribution is 5.81. The second-order valence-electron chi connectivity index (χ2n) is 5.11. The van der Waals surface area contributed by atoms with Crippen LogP contribution in [0.2, 0.25) is 0 Å². The van der Waals surface area contributed by atoms with Gasteiger partial charge in [-0.15, -0.1) is 0 Å². The van der Waals surface area contributed by atoms with Gasteiger partial charge in [-0.2, -0.15) is 0 Å². The van der Waals surface area contributed by atoms with E-state index in [4.69, 9.17) is 5.73 Å². The van der Waals surface area contributed by atoms with E-state index in [0.717, 1.165) is 45.2 Å². The van der Waals surface area contributed by atoms with Gasteiger partial charge in [0.2, 0.25) is 5.91 Å². The van der Waals surface area contributed by atoms with Crippen LogP contribution in [0.5, 0.6) is 0 Å². The zero-order chi connectivity index (χ0) is 12.2. The molecule has 2 N–H and O–H groups in total. The highest BCUT2D eigenvalue weighted by Gasteiger charge is 2.37. The summed E-state index contributed by atoms with van der Waals surface area (Å²) in [6.45, 7) is 8.33. The van der Waals surface area contributed by atoms with Crippen LogP contribution in [0.15, 0.2) is 0 Å². The van der Waals surface area contributed by atoms with E-state index in [1.165, 1.54) is 0 Å². The normalized spacial score (nSPS) is 21.1. The lowest BCUT2D eigenvalue weighted by Gasteiger charge is -2.27. The van der Waals surface area contributed by atoms with Crippen molar-refractivity contribution in [2.75, 3.05) is 13.1 Å². The Kier molecular flexibility index (Phi) is 4.78. The first kappa shape index (κ1) is 13.5. The van der Waals surface area contributed by atoms with E-state index < -0.39 is 0 Å². The van der Waals surface area contributed by atoms with E-state index in [0.29, 0.717) is 5.41 Å². The molecule has 0 aromatic carbocycles. The maximum absolute atomic E-state index is 12.1. The first-order chi connectivity index (χ1) is 7.58. The third kappa shape index (κ3) is 2.76. The summed E-state index contributed by atoms with van der Waals surface area (Å²) in [4.78, 5) is 14.0. The molecular formula is C13H26N2O. The summed E-state index contributed by atoms with van der Waals surface area (Å²) in [6, 6.07) is -0.283. The third-order valence-corrected chi connectivity index (χ3v) is 4.17. The van der Waals surface area contributed by atoms with Crippen molar-refractivity contribution < 1.29 is 4.79 Å². The number of carbonyl (C=O) groups is 1. The second kappa shape index (κ2) is 5.67. The molecule has 0 aliphatic carbocycles. The van der Waals surface area contributed by atoms with E-state index >= 15 is 0 Å². The van der Waals surface area contributed by atoms with E-state index in [1.54, 1.807) is 0 Å². The van der Waals surface area contributed by atoms with Crippen molar-refractivity contribution in [3.05, 3.63) is 0 Å². The van der Waals surface area contributed by atoms with Crippen LogP contribution in [0.25, 0.3) is 0 Å². The highest BCUT2D eigenvalue weighted by Crippen LogP contribution is 2.37. The van der Waals surface area contributed by atoms with Gasteiger partial charge in [0, 0.05) is 13.1 Å². The van der Waals surface area contributed by atoms with Crippen LogP contribution >= 0.6 is 0 Å². The minimum atomic E-state index is -0.283. The minimum Gasteiger partial charge on any atom is -0.341 e. The number of nitrogens with two attached hydrogens (primary N) is 1. The van der Waals surface area contributed by atoms with Crippen LogP contribution in [0.3, 0.4) is 0 Å². The molecule has 1 rings (SSSR count). The number of carbonyl (C=O) groups excluding carboxylic acids is 1. The van der Waals surface area contributed by atoms with E-state index in [1.807, 2.05) is 4.90 Å². The molecule has 0 aromatic heterocycles. The zero-order valence-electron chi connectivity index (χ0n) is 11.0. The molecule has 1 saturated heterocycles. The number of hydrogen-bond acceptors (Lipinski definition) is 2. The second-order valence-corrected chi connectivity index (χ2v) is 5.11. The lowest BCUT2D eigenvalue weighted by molar-refractivity contribution is -0.132. The third-order valence-electron chi connectivity index (χ3n) is 4.17. The Morgan fingerprint density at radius 3 is 2.44 bits per heavy atom. The molecule has 0 unspecified atom stereocenters. The lowest BCUT2D eigenvalue weighted by atomic mass is 9.82. The maximum Gasteiger partial charge on any atom is 0.239 e. The van der Waals surface area contributed by atoms with Gasteiger partial charge >= 0.3 is 0 Å². The number of likely N-dealkylation sites (tertiary alicyclic amines) is 1. The topological polar surface area (TPSA) is 46.3 Å². The van der Waals surface area contributed by atoms with Gasteiger partial charge in [-0.3, -0.25) is 4.79 Å². The molecule has 1 fully saturated rings. The number of hydrogen-bond donors (Lipinski definition) is 1. The van der Waals surface area contributed by atoms with Crippen LogP contribution < -0.4 is 5.73 Å². The van der Waals surface area contributed by atoms with E-state index in [-0.39, 0.29) is 11.9 Å². The molecule has 0 aromatic rings. The Morgan fingerprint density at radius 1 is 1.38 bits per heavy atom. The van der Waals surface area contributed by atoms with Crippen LogP contribution in [0, 0.1) is 5.41 Å². The Balaban J connectivity index is 2.55. The van der Waals surface area contributed by atoms with Gasteiger partial charge in [0.05, 0.1) is 6.04 Å². The monoisotopic (exact) mass is 226 g/mol. The van der Waals surface area contributed by atoms with Crippen LogP contribution in [0.4, 0.5) is 0 Å². The lowest BCUT2D eigenvalue weighted by Crippen LogP contribution is -2.43. The molecule has 0 spiro atoms. The average molecular weight is 226 g/mol. The smallest absolute Gasteiger partial charge is 0.239 e. The fourth-order valence-corrected chi connectivity index (χ4v) is 2.62. The van der Waals surface area contributed by atoms with Crippen molar-refractivity contribution in [3.63, 3.8) is 0 Å². The van der Waals surface area contributed by atoms with Gasteiger partial charge in [0.15, 0.2) is 0 Å². The van der Waals surface area contributed by atoms with Gasteiger partial charge < -0.3 is 10.6 Å². The summed E-state index contributed by atoms with van der Waals surface area (Å²) in [5.41, 5.74) is 6.25. The first-order valence-electron chi connectivity index (χ1n) is 6.63. The quantitative estimate of drug-likeness (QED) is 0.781. The molecule has 1 heterocycles. The Labute approximate surface area is 99.4 Å². The van der Waals surface area contributed by atoms with Crippen LogP contribution in [-0.4, -0.2) is 29.9 Å². The Morgan fingerprint density at radius 2 is 2.00 bits per heavy atom. The molecule has 1 aliphatic rings. The van der Waals surface area contributed by atoms with Crippen LogP contribution in [0.1, 0.15) is 52.9 Å². The van der Waals surface area contributed by atoms with Gasteiger partial charge in [0.25, 0.3) is 0 Å². The summed E-state index contributed by atoms with van der Waals surface area (Å²) in [5.74, 6) is 0.158. The highest BCUT2D eigenvalue weighted by atomic mass is 16.2. The average Bonchev–Trinajstić information content (AvgIpc) is 2.73. The van der Waals surface area contributed by atoms with Gasteiger partial charge in [-0.25, -0.2) is 0 Å². The van der Waals surface area contributed by atoms with E-state index in [9.17, 15) is 4.79 Å². The van der Waals surface area contributed by atoms with Crippen LogP contribution in [-0.2, 0) is 4.79 Å². The fourth-order valence-electron chi connectivity index (χ4n) is 2.62. The van der Waals surface area contributed by atoms with Crippen molar-refractivity contribution in [2.24, 2.45) is 11.1 Å². The summed E-state index contributed by atoms with van der Waals surface area (Å²) >= 11 is 0.